The summed E-state index contributed by atoms with van der Waals surface area (Å²) in [5.74, 6) is -2.48. The zero-order valence-electron chi connectivity index (χ0n) is 18.4. The van der Waals surface area contributed by atoms with Gasteiger partial charge in [0.15, 0.2) is 0 Å². The standard InChI is InChI=1S/C25H19F3O6/c1-13-18(32-12-15-7-5-4-6-8-15)10-9-16-21(29)20(23(25(26,27)28)34-22(13)16)17-11-19(24(30)31-3)33-14(17)2/h4-11H,12H2,1-3H3. The van der Waals surface area contributed by atoms with Crippen molar-refractivity contribution in [2.45, 2.75) is 26.6 Å². The minimum Gasteiger partial charge on any atom is -0.488 e. The Labute approximate surface area is 191 Å². The predicted molar refractivity (Wildman–Crippen MR) is 117 cm³/mol. The van der Waals surface area contributed by atoms with Crippen LogP contribution in [0.5, 0.6) is 5.75 Å². The van der Waals surface area contributed by atoms with E-state index in [2.05, 4.69) is 4.74 Å². The van der Waals surface area contributed by atoms with Crippen molar-refractivity contribution < 1.29 is 36.3 Å². The van der Waals surface area contributed by atoms with Crippen LogP contribution in [0.3, 0.4) is 0 Å². The Morgan fingerprint density at radius 3 is 2.38 bits per heavy atom. The molecule has 6 nitrogen and oxygen atoms in total. The Balaban J connectivity index is 1.88. The molecule has 0 aliphatic heterocycles. The van der Waals surface area contributed by atoms with E-state index in [9.17, 15) is 22.8 Å². The molecule has 4 aromatic rings. The molecule has 0 saturated carbocycles. The zero-order chi connectivity index (χ0) is 24.6. The molecular weight excluding hydrogens is 453 g/mol. The fourth-order valence-electron chi connectivity index (χ4n) is 3.64. The van der Waals surface area contributed by atoms with Gasteiger partial charge in [0.25, 0.3) is 0 Å². The number of benzene rings is 2. The number of ether oxygens (including phenoxy) is 2. The van der Waals surface area contributed by atoms with Crippen LogP contribution in [0.15, 0.2) is 62.2 Å². The van der Waals surface area contributed by atoms with Crippen LogP contribution < -0.4 is 10.2 Å². The Bertz CT molecular complexity index is 1430. The number of rotatable bonds is 5. The first-order chi connectivity index (χ1) is 16.1. The van der Waals surface area contributed by atoms with Crippen LogP contribution in [-0.2, 0) is 17.5 Å². The number of esters is 1. The molecule has 0 bridgehead atoms. The Kier molecular flexibility index (Phi) is 5.95. The van der Waals surface area contributed by atoms with Crippen LogP contribution in [0.25, 0.3) is 22.1 Å². The van der Waals surface area contributed by atoms with Crippen molar-refractivity contribution in [2.24, 2.45) is 0 Å². The first-order valence-corrected chi connectivity index (χ1v) is 10.1. The third-order valence-corrected chi connectivity index (χ3v) is 5.33. The van der Waals surface area contributed by atoms with Gasteiger partial charge in [-0.1, -0.05) is 30.3 Å². The molecule has 9 heteroatoms. The third-order valence-electron chi connectivity index (χ3n) is 5.33. The van der Waals surface area contributed by atoms with Crippen LogP contribution in [0, 0.1) is 13.8 Å². The molecule has 176 valence electrons. The minimum absolute atomic E-state index is 0.0583. The fourth-order valence-corrected chi connectivity index (χ4v) is 3.64. The highest BCUT2D eigenvalue weighted by Gasteiger charge is 2.40. The number of methoxy groups -OCH3 is 1. The maximum absolute atomic E-state index is 14.0. The summed E-state index contributed by atoms with van der Waals surface area (Å²) in [5, 5.41) is -0.0622. The summed E-state index contributed by atoms with van der Waals surface area (Å²) in [7, 11) is 1.10. The number of furan rings is 1. The van der Waals surface area contributed by atoms with Gasteiger partial charge in [0.05, 0.1) is 18.1 Å². The highest BCUT2D eigenvalue weighted by Crippen LogP contribution is 2.40. The van der Waals surface area contributed by atoms with Gasteiger partial charge in [-0.05, 0) is 37.6 Å². The van der Waals surface area contributed by atoms with Gasteiger partial charge in [0, 0.05) is 11.1 Å². The predicted octanol–water partition coefficient (Wildman–Crippen LogP) is 6.05. The Morgan fingerprint density at radius 1 is 1.03 bits per heavy atom. The van der Waals surface area contributed by atoms with E-state index < -0.39 is 28.9 Å². The largest absolute Gasteiger partial charge is 0.488 e. The lowest BCUT2D eigenvalue weighted by atomic mass is 10.0. The lowest BCUT2D eigenvalue weighted by Crippen LogP contribution is -2.16. The highest BCUT2D eigenvalue weighted by molar-refractivity contribution is 5.91. The van der Waals surface area contributed by atoms with Crippen molar-refractivity contribution in [1.82, 2.24) is 0 Å². The molecule has 0 saturated heterocycles. The van der Waals surface area contributed by atoms with Gasteiger partial charge in [-0.2, -0.15) is 13.2 Å². The first kappa shape index (κ1) is 23.2. The lowest BCUT2D eigenvalue weighted by Gasteiger charge is -2.15. The van der Waals surface area contributed by atoms with Crippen molar-refractivity contribution >= 4 is 16.9 Å². The van der Waals surface area contributed by atoms with E-state index in [-0.39, 0.29) is 46.0 Å². The van der Waals surface area contributed by atoms with Crippen LogP contribution in [0.4, 0.5) is 13.2 Å². The molecule has 2 heterocycles. The molecule has 0 atom stereocenters. The average molecular weight is 472 g/mol. The summed E-state index contributed by atoms with van der Waals surface area (Å²) in [5.41, 5.74) is -0.972. The second kappa shape index (κ2) is 8.74. The zero-order valence-corrected chi connectivity index (χ0v) is 18.4. The molecule has 2 aromatic heterocycles. The maximum Gasteiger partial charge on any atom is 0.450 e. The van der Waals surface area contributed by atoms with Gasteiger partial charge in [-0.15, -0.1) is 0 Å². The van der Waals surface area contributed by atoms with E-state index in [1.165, 1.54) is 26.0 Å². The van der Waals surface area contributed by atoms with Gasteiger partial charge in [-0.25, -0.2) is 4.79 Å². The van der Waals surface area contributed by atoms with E-state index in [1.807, 2.05) is 30.3 Å². The second-order valence-corrected chi connectivity index (χ2v) is 7.54. The smallest absolute Gasteiger partial charge is 0.450 e. The fraction of sp³-hybridized carbons (Fsp3) is 0.200. The molecule has 0 spiro atoms. The second-order valence-electron chi connectivity index (χ2n) is 7.54. The van der Waals surface area contributed by atoms with Gasteiger partial charge < -0.3 is 18.3 Å². The number of aryl methyl sites for hydroxylation is 2. The van der Waals surface area contributed by atoms with Crippen molar-refractivity contribution in [2.75, 3.05) is 7.11 Å². The number of carbonyl (C=O) groups excluding carboxylic acids is 1. The van der Waals surface area contributed by atoms with E-state index in [0.29, 0.717) is 0 Å². The Hall–Kier alpha value is -4.01. The topological polar surface area (TPSA) is 78.9 Å². The SMILES string of the molecule is COC(=O)c1cc(-c2c(C(F)(F)F)oc3c(C)c(OCc4ccccc4)ccc3c2=O)c(C)o1. The van der Waals surface area contributed by atoms with Gasteiger partial charge in [-0.3, -0.25) is 4.79 Å². The molecule has 0 aliphatic carbocycles. The van der Waals surface area contributed by atoms with Gasteiger partial charge in [0.2, 0.25) is 16.9 Å². The summed E-state index contributed by atoms with van der Waals surface area (Å²) >= 11 is 0. The monoisotopic (exact) mass is 472 g/mol. The number of carbonyl (C=O) groups is 1. The van der Waals surface area contributed by atoms with E-state index in [0.717, 1.165) is 18.7 Å². The van der Waals surface area contributed by atoms with Crippen molar-refractivity contribution in [3.05, 3.63) is 87.2 Å². The molecule has 0 amide bonds. The summed E-state index contributed by atoms with van der Waals surface area (Å²) in [6.45, 7) is 3.05. The molecule has 0 radical (unpaired) electrons. The first-order valence-electron chi connectivity index (χ1n) is 10.1. The van der Waals surface area contributed by atoms with Crippen molar-refractivity contribution in [3.8, 4) is 16.9 Å². The summed E-state index contributed by atoms with van der Waals surface area (Å²) in [6, 6.07) is 13.1. The van der Waals surface area contributed by atoms with Gasteiger partial charge in [0.1, 0.15) is 23.7 Å². The number of hydrogen-bond acceptors (Lipinski definition) is 6. The maximum atomic E-state index is 14.0. The highest BCUT2D eigenvalue weighted by atomic mass is 19.4. The summed E-state index contributed by atoms with van der Waals surface area (Å²) < 4.78 is 62.9. The summed E-state index contributed by atoms with van der Waals surface area (Å²) in [4.78, 5) is 25.1. The number of fused-ring (bicyclic) bond motifs is 1. The average Bonchev–Trinajstić information content (AvgIpc) is 3.19. The quantitative estimate of drug-likeness (QED) is 0.329. The third kappa shape index (κ3) is 4.16. The van der Waals surface area contributed by atoms with Crippen LogP contribution >= 0.6 is 0 Å². The van der Waals surface area contributed by atoms with Crippen molar-refractivity contribution in [1.29, 1.82) is 0 Å². The molecule has 0 aliphatic rings. The molecule has 34 heavy (non-hydrogen) atoms. The number of alkyl halides is 3. The van der Waals surface area contributed by atoms with Crippen LogP contribution in [-0.4, -0.2) is 13.1 Å². The van der Waals surface area contributed by atoms with Gasteiger partial charge >= 0.3 is 12.1 Å². The van der Waals surface area contributed by atoms with E-state index >= 15 is 0 Å². The molecule has 4 rings (SSSR count). The normalized spacial score (nSPS) is 11.6. The number of halogens is 3. The van der Waals surface area contributed by atoms with E-state index in [4.69, 9.17) is 13.6 Å². The molecule has 0 N–H and O–H groups in total. The number of hydrogen-bond donors (Lipinski definition) is 0. The van der Waals surface area contributed by atoms with Crippen LogP contribution in [0.2, 0.25) is 0 Å². The molecule has 2 aromatic carbocycles. The molecule has 0 unspecified atom stereocenters. The van der Waals surface area contributed by atoms with E-state index in [1.54, 1.807) is 0 Å². The summed E-state index contributed by atoms with van der Waals surface area (Å²) in [6.07, 6.45) is -4.99. The Morgan fingerprint density at radius 2 is 1.74 bits per heavy atom. The molecule has 0 fully saturated rings. The van der Waals surface area contributed by atoms with Crippen molar-refractivity contribution in [3.63, 3.8) is 0 Å². The lowest BCUT2D eigenvalue weighted by molar-refractivity contribution is -0.152. The molecular formula is C25H19F3O6. The van der Waals surface area contributed by atoms with Crippen LogP contribution in [0.1, 0.15) is 33.2 Å². The minimum atomic E-state index is -4.99.